The van der Waals surface area contributed by atoms with Crippen molar-refractivity contribution in [2.75, 3.05) is 0 Å². The van der Waals surface area contributed by atoms with Gasteiger partial charge >= 0.3 is 11.9 Å². The number of rotatable bonds is 5. The lowest BCUT2D eigenvalue weighted by Crippen LogP contribution is -2.49. The molecule has 0 aromatic heterocycles. The molecule has 6 atom stereocenters. The second-order valence-corrected chi connectivity index (χ2v) is 10.9. The summed E-state index contributed by atoms with van der Waals surface area (Å²) in [5.41, 5.74) is -1.89. The van der Waals surface area contributed by atoms with Gasteiger partial charge in [-0.15, -0.1) is 0 Å². The molecule has 150 valence electrons. The summed E-state index contributed by atoms with van der Waals surface area (Å²) in [5, 5.41) is 9.54. The summed E-state index contributed by atoms with van der Waals surface area (Å²) in [6.45, 7) is 14.8. The van der Waals surface area contributed by atoms with E-state index in [0.29, 0.717) is 12.8 Å². The van der Waals surface area contributed by atoms with Crippen molar-refractivity contribution >= 4 is 11.9 Å². The molecule has 1 aliphatic heterocycles. The first-order chi connectivity index (χ1) is 12.3. The lowest BCUT2D eigenvalue weighted by Gasteiger charge is -2.46. The van der Waals surface area contributed by atoms with Crippen molar-refractivity contribution in [2.24, 2.45) is 33.5 Å². The number of carbonyl (C=O) groups excluding carboxylic acids is 2. The number of esters is 2. The van der Waals surface area contributed by atoms with Crippen LogP contribution in [0.1, 0.15) is 74.1 Å². The number of nitriles is 1. The van der Waals surface area contributed by atoms with E-state index in [2.05, 4.69) is 47.6 Å². The van der Waals surface area contributed by atoms with E-state index in [1.165, 1.54) is 0 Å². The molecule has 2 saturated carbocycles. The van der Waals surface area contributed by atoms with E-state index in [0.717, 1.165) is 12.8 Å². The molecule has 0 aromatic rings. The zero-order valence-corrected chi connectivity index (χ0v) is 17.7. The highest BCUT2D eigenvalue weighted by Crippen LogP contribution is 2.62. The van der Waals surface area contributed by atoms with Crippen LogP contribution in [-0.4, -0.2) is 24.1 Å². The fourth-order valence-corrected chi connectivity index (χ4v) is 5.58. The Hall–Kier alpha value is -1.57. The van der Waals surface area contributed by atoms with Gasteiger partial charge < -0.3 is 9.47 Å². The molecule has 3 aliphatic rings. The average Bonchev–Trinajstić information content (AvgIpc) is 3.14. The molecule has 6 unspecified atom stereocenters. The third kappa shape index (κ3) is 2.79. The molecule has 0 aromatic carbocycles. The minimum Gasteiger partial charge on any atom is -0.458 e. The Morgan fingerprint density at radius 2 is 1.93 bits per heavy atom. The summed E-state index contributed by atoms with van der Waals surface area (Å²) in [6, 6.07) is 2.20. The number of hydrogen-bond donors (Lipinski definition) is 0. The highest BCUT2D eigenvalue weighted by Gasteiger charge is 2.72. The zero-order valence-electron chi connectivity index (χ0n) is 17.7. The molecule has 1 heterocycles. The van der Waals surface area contributed by atoms with Gasteiger partial charge in [-0.1, -0.05) is 41.5 Å². The summed E-state index contributed by atoms with van der Waals surface area (Å²) in [5.74, 6) is -0.718. The summed E-state index contributed by atoms with van der Waals surface area (Å²) < 4.78 is 11.6. The molecular weight excluding hydrogens is 342 g/mol. The van der Waals surface area contributed by atoms with Crippen LogP contribution in [0, 0.1) is 44.8 Å². The van der Waals surface area contributed by atoms with Crippen molar-refractivity contribution in [2.45, 2.75) is 86.4 Å². The van der Waals surface area contributed by atoms with Crippen molar-refractivity contribution in [1.29, 1.82) is 5.26 Å². The minimum absolute atomic E-state index is 0.0231. The number of fused-ring (bicyclic) bond motifs is 1. The monoisotopic (exact) mass is 375 g/mol. The smallest absolute Gasteiger partial charge is 0.327 e. The average molecular weight is 376 g/mol. The van der Waals surface area contributed by atoms with Crippen LogP contribution in [0.25, 0.3) is 0 Å². The molecule has 2 aliphatic carbocycles. The Balaban J connectivity index is 1.84. The SMILES string of the molecule is CCC(C)(C)C(C)(CC(C)(C)C)C(=O)OC1C2CC3C1OC(=O)C3(C#N)C2. The van der Waals surface area contributed by atoms with Crippen molar-refractivity contribution in [3.63, 3.8) is 0 Å². The highest BCUT2D eigenvalue weighted by molar-refractivity contribution is 5.85. The molecule has 0 spiro atoms. The summed E-state index contributed by atoms with van der Waals surface area (Å²) in [4.78, 5) is 25.7. The Morgan fingerprint density at radius 3 is 2.44 bits per heavy atom. The first kappa shape index (κ1) is 20.2. The van der Waals surface area contributed by atoms with Gasteiger partial charge in [0.2, 0.25) is 0 Å². The maximum atomic E-state index is 13.5. The van der Waals surface area contributed by atoms with Crippen LogP contribution >= 0.6 is 0 Å². The van der Waals surface area contributed by atoms with Gasteiger partial charge in [0.15, 0.2) is 5.41 Å². The van der Waals surface area contributed by atoms with Gasteiger partial charge in [-0.25, -0.2) is 0 Å². The van der Waals surface area contributed by atoms with Crippen molar-refractivity contribution in [1.82, 2.24) is 0 Å². The van der Waals surface area contributed by atoms with Gasteiger partial charge in [0.1, 0.15) is 12.2 Å². The molecule has 1 saturated heterocycles. The van der Waals surface area contributed by atoms with E-state index in [9.17, 15) is 14.9 Å². The lowest BCUT2D eigenvalue weighted by molar-refractivity contribution is -0.181. The van der Waals surface area contributed by atoms with E-state index in [4.69, 9.17) is 9.47 Å². The van der Waals surface area contributed by atoms with E-state index in [1.54, 1.807) is 0 Å². The zero-order chi connectivity index (χ0) is 20.4. The number of nitrogens with zero attached hydrogens (tertiary/aromatic N) is 1. The van der Waals surface area contributed by atoms with Crippen molar-refractivity contribution < 1.29 is 19.1 Å². The second kappa shape index (κ2) is 5.96. The highest BCUT2D eigenvalue weighted by atomic mass is 16.6. The Kier molecular flexibility index (Phi) is 4.45. The van der Waals surface area contributed by atoms with E-state index < -0.39 is 29.0 Å². The molecule has 27 heavy (non-hydrogen) atoms. The number of carbonyl (C=O) groups is 2. The van der Waals surface area contributed by atoms with Crippen LogP contribution in [0.3, 0.4) is 0 Å². The van der Waals surface area contributed by atoms with Crippen LogP contribution in [0.5, 0.6) is 0 Å². The molecule has 3 fully saturated rings. The Labute approximate surface area is 162 Å². The van der Waals surface area contributed by atoms with Crippen LogP contribution in [0.4, 0.5) is 0 Å². The maximum absolute atomic E-state index is 13.5. The van der Waals surface area contributed by atoms with Gasteiger partial charge in [-0.3, -0.25) is 9.59 Å². The summed E-state index contributed by atoms with van der Waals surface area (Å²) >= 11 is 0. The molecular formula is C22H33NO4. The molecule has 2 bridgehead atoms. The quantitative estimate of drug-likeness (QED) is 0.671. The molecule has 3 rings (SSSR count). The molecule has 5 heteroatoms. The third-order valence-electron chi connectivity index (χ3n) is 7.72. The fraction of sp³-hybridized carbons (Fsp3) is 0.864. The van der Waals surface area contributed by atoms with E-state index >= 15 is 0 Å². The first-order valence-electron chi connectivity index (χ1n) is 10.1. The molecule has 0 amide bonds. The van der Waals surface area contributed by atoms with Crippen LogP contribution < -0.4 is 0 Å². The van der Waals surface area contributed by atoms with Gasteiger partial charge in [-0.2, -0.15) is 5.26 Å². The summed E-state index contributed by atoms with van der Waals surface area (Å²) in [6.07, 6.45) is 1.89. The summed E-state index contributed by atoms with van der Waals surface area (Å²) in [7, 11) is 0. The van der Waals surface area contributed by atoms with Crippen LogP contribution in [0.15, 0.2) is 0 Å². The molecule has 0 N–H and O–H groups in total. The van der Waals surface area contributed by atoms with Gasteiger partial charge in [0.25, 0.3) is 0 Å². The number of ether oxygens (including phenoxy) is 2. The minimum atomic E-state index is -1.00. The predicted octanol–water partition coefficient (Wildman–Crippen LogP) is 4.25. The van der Waals surface area contributed by atoms with E-state index in [1.807, 2.05) is 6.92 Å². The van der Waals surface area contributed by atoms with E-state index in [-0.39, 0.29) is 28.6 Å². The Bertz CT molecular complexity index is 700. The fourth-order valence-electron chi connectivity index (χ4n) is 5.58. The van der Waals surface area contributed by atoms with Crippen LogP contribution in [0.2, 0.25) is 0 Å². The lowest BCUT2D eigenvalue weighted by atomic mass is 9.59. The molecule has 0 radical (unpaired) electrons. The normalized spacial score (nSPS) is 36.9. The maximum Gasteiger partial charge on any atom is 0.327 e. The standard InChI is InChI=1S/C22H33NO4/c1-8-20(5,6)21(7,11-19(2,3)4)17(24)26-15-13-9-14-16(15)27-18(25)22(14,10-13)12-23/h13-16H,8-11H2,1-7H3. The predicted molar refractivity (Wildman–Crippen MR) is 100 cm³/mol. The third-order valence-corrected chi connectivity index (χ3v) is 7.72. The molecule has 5 nitrogen and oxygen atoms in total. The van der Waals surface area contributed by atoms with Crippen molar-refractivity contribution in [3.05, 3.63) is 0 Å². The Morgan fingerprint density at radius 1 is 1.30 bits per heavy atom. The van der Waals surface area contributed by atoms with Gasteiger partial charge in [0, 0.05) is 11.8 Å². The first-order valence-corrected chi connectivity index (χ1v) is 10.1. The topological polar surface area (TPSA) is 76.4 Å². The van der Waals surface area contributed by atoms with Crippen molar-refractivity contribution in [3.8, 4) is 6.07 Å². The van der Waals surface area contributed by atoms with Crippen LogP contribution in [-0.2, 0) is 19.1 Å². The van der Waals surface area contributed by atoms with Gasteiger partial charge in [0.05, 0.1) is 11.5 Å². The largest absolute Gasteiger partial charge is 0.458 e. The van der Waals surface area contributed by atoms with Gasteiger partial charge in [-0.05, 0) is 43.4 Å². The second-order valence-electron chi connectivity index (χ2n) is 10.9. The number of hydrogen-bond acceptors (Lipinski definition) is 5.